The van der Waals surface area contributed by atoms with Gasteiger partial charge in [-0.05, 0) is 24.9 Å². The minimum Gasteiger partial charge on any atom is -0.384 e. The molecule has 0 spiro atoms. The number of carbonyl (C=O) groups is 1. The van der Waals surface area contributed by atoms with E-state index in [2.05, 4.69) is 4.90 Å². The molecule has 0 radical (unpaired) electrons. The topological polar surface area (TPSA) is 96.2 Å². The Balaban J connectivity index is 0.00000180. The first-order valence-corrected chi connectivity index (χ1v) is 6.04. The summed E-state index contributed by atoms with van der Waals surface area (Å²) >= 11 is 0. The second-order valence-electron chi connectivity index (χ2n) is 4.64. The number of halogens is 2. The first-order valence-electron chi connectivity index (χ1n) is 6.04. The van der Waals surface area contributed by atoms with Crippen molar-refractivity contribution in [1.82, 2.24) is 4.90 Å². The number of primary amides is 1. The number of benzene rings is 1. The van der Waals surface area contributed by atoms with E-state index in [4.69, 9.17) is 16.9 Å². The van der Waals surface area contributed by atoms with Crippen LogP contribution in [-0.4, -0.2) is 29.2 Å². The second kappa shape index (κ2) is 8.09. The maximum Gasteiger partial charge on any atom is 0.234 e. The number of amidine groups is 1. The lowest BCUT2D eigenvalue weighted by molar-refractivity contribution is -0.122. The van der Waals surface area contributed by atoms with Gasteiger partial charge in [0.1, 0.15) is 5.84 Å². The van der Waals surface area contributed by atoms with Crippen molar-refractivity contribution < 1.29 is 4.79 Å². The Labute approximate surface area is 131 Å². The van der Waals surface area contributed by atoms with Gasteiger partial charge in [0.05, 0.1) is 6.04 Å². The lowest BCUT2D eigenvalue weighted by Gasteiger charge is -2.21. The predicted octanol–water partition coefficient (Wildman–Crippen LogP) is 1.26. The van der Waals surface area contributed by atoms with Crippen LogP contribution in [0.15, 0.2) is 24.3 Å². The quantitative estimate of drug-likeness (QED) is 0.576. The smallest absolute Gasteiger partial charge is 0.234 e. The number of hydrogen-bond acceptors (Lipinski definition) is 3. The van der Waals surface area contributed by atoms with Crippen LogP contribution >= 0.6 is 24.8 Å². The fourth-order valence-electron chi connectivity index (χ4n) is 2.36. The molecule has 2 rings (SSSR count). The van der Waals surface area contributed by atoms with E-state index in [1.54, 1.807) is 0 Å². The lowest BCUT2D eigenvalue weighted by atomic mass is 10.1. The Hall–Kier alpha value is -1.30. The molecule has 0 aliphatic carbocycles. The van der Waals surface area contributed by atoms with Gasteiger partial charge in [-0.25, -0.2) is 0 Å². The first-order chi connectivity index (χ1) is 8.58. The molecule has 1 heterocycles. The van der Waals surface area contributed by atoms with Crippen LogP contribution in [0.25, 0.3) is 0 Å². The van der Waals surface area contributed by atoms with Gasteiger partial charge in [-0.15, -0.1) is 24.8 Å². The number of nitrogens with two attached hydrogens (primary N) is 2. The van der Waals surface area contributed by atoms with Crippen molar-refractivity contribution in [3.63, 3.8) is 0 Å². The zero-order valence-electron chi connectivity index (χ0n) is 11.0. The number of nitrogens with zero attached hydrogens (tertiary/aromatic N) is 1. The van der Waals surface area contributed by atoms with Gasteiger partial charge >= 0.3 is 0 Å². The van der Waals surface area contributed by atoms with Crippen LogP contribution in [0, 0.1) is 5.41 Å². The minimum atomic E-state index is -0.243. The normalized spacial score (nSPS) is 17.9. The summed E-state index contributed by atoms with van der Waals surface area (Å²) < 4.78 is 0. The van der Waals surface area contributed by atoms with Crippen molar-refractivity contribution in [3.05, 3.63) is 35.4 Å². The van der Waals surface area contributed by atoms with Crippen molar-refractivity contribution in [1.29, 1.82) is 5.41 Å². The molecule has 112 valence electrons. The largest absolute Gasteiger partial charge is 0.384 e. The summed E-state index contributed by atoms with van der Waals surface area (Å²) in [7, 11) is 0. The van der Waals surface area contributed by atoms with Crippen molar-refractivity contribution in [2.24, 2.45) is 11.5 Å². The highest BCUT2D eigenvalue weighted by Gasteiger charge is 2.28. The molecule has 0 unspecified atom stereocenters. The Kier molecular flexibility index (Phi) is 7.57. The summed E-state index contributed by atoms with van der Waals surface area (Å²) in [6, 6.07) is 7.39. The number of nitrogens with one attached hydrogen (secondary N) is 1. The molecule has 1 aromatic rings. The van der Waals surface area contributed by atoms with Gasteiger partial charge in [0, 0.05) is 12.1 Å². The summed E-state index contributed by atoms with van der Waals surface area (Å²) in [5.74, 6) is -0.175. The number of nitrogen functional groups attached to an aromatic ring is 1. The van der Waals surface area contributed by atoms with E-state index in [0.29, 0.717) is 12.1 Å². The lowest BCUT2D eigenvalue weighted by Crippen LogP contribution is -2.39. The van der Waals surface area contributed by atoms with E-state index in [1.165, 1.54) is 0 Å². The highest BCUT2D eigenvalue weighted by molar-refractivity contribution is 5.94. The molecule has 1 atom stereocenters. The number of hydrogen-bond donors (Lipinski definition) is 3. The Morgan fingerprint density at radius 2 is 1.85 bits per heavy atom. The summed E-state index contributed by atoms with van der Waals surface area (Å²) in [4.78, 5) is 13.4. The molecule has 1 aliphatic heterocycles. The monoisotopic (exact) mass is 318 g/mol. The number of rotatable bonds is 4. The second-order valence-corrected chi connectivity index (χ2v) is 4.64. The number of carbonyl (C=O) groups excluding carboxylic acids is 1. The van der Waals surface area contributed by atoms with E-state index in [1.807, 2.05) is 24.3 Å². The standard InChI is InChI=1S/C13H18N4O.2ClH/c14-12(15)10-5-3-9(4-6-10)8-17-7-1-2-11(17)13(16)18;;/h3-6,11H,1-2,7-8H2,(H3,14,15)(H2,16,18);2*1H/t11-;;/m0../s1. The zero-order valence-corrected chi connectivity index (χ0v) is 12.7. The molecular weight excluding hydrogens is 299 g/mol. The Morgan fingerprint density at radius 3 is 2.35 bits per heavy atom. The summed E-state index contributed by atoms with van der Waals surface area (Å²) in [6.45, 7) is 1.62. The van der Waals surface area contributed by atoms with Crippen molar-refractivity contribution in [3.8, 4) is 0 Å². The molecule has 1 aliphatic rings. The molecule has 1 fully saturated rings. The molecule has 20 heavy (non-hydrogen) atoms. The molecule has 5 N–H and O–H groups in total. The molecule has 0 bridgehead atoms. The van der Waals surface area contributed by atoms with E-state index in [-0.39, 0.29) is 42.6 Å². The van der Waals surface area contributed by atoms with Crippen LogP contribution in [0.2, 0.25) is 0 Å². The fourth-order valence-corrected chi connectivity index (χ4v) is 2.36. The average Bonchev–Trinajstić information content (AvgIpc) is 2.78. The SMILES string of the molecule is Cl.Cl.N=C(N)c1ccc(CN2CCC[C@H]2C(N)=O)cc1. The average molecular weight is 319 g/mol. The zero-order chi connectivity index (χ0) is 13.1. The van der Waals surface area contributed by atoms with Gasteiger partial charge in [0.25, 0.3) is 0 Å². The van der Waals surface area contributed by atoms with Crippen LogP contribution in [0.3, 0.4) is 0 Å². The molecule has 1 saturated heterocycles. The van der Waals surface area contributed by atoms with E-state index < -0.39 is 0 Å². The van der Waals surface area contributed by atoms with Gasteiger partial charge in [0.2, 0.25) is 5.91 Å². The predicted molar refractivity (Wildman–Crippen MR) is 84.6 cm³/mol. The van der Waals surface area contributed by atoms with Gasteiger partial charge in [0.15, 0.2) is 0 Å². The van der Waals surface area contributed by atoms with E-state index >= 15 is 0 Å². The van der Waals surface area contributed by atoms with Gasteiger partial charge in [-0.2, -0.15) is 0 Å². The van der Waals surface area contributed by atoms with Crippen LogP contribution in [0.5, 0.6) is 0 Å². The summed E-state index contributed by atoms with van der Waals surface area (Å²) in [6.07, 6.45) is 1.86. The van der Waals surface area contributed by atoms with Crippen molar-refractivity contribution >= 4 is 36.6 Å². The third-order valence-electron chi connectivity index (χ3n) is 3.34. The Morgan fingerprint density at radius 1 is 1.25 bits per heavy atom. The molecule has 5 nitrogen and oxygen atoms in total. The van der Waals surface area contributed by atoms with Gasteiger partial charge in [-0.3, -0.25) is 15.1 Å². The number of amides is 1. The molecule has 7 heteroatoms. The van der Waals surface area contributed by atoms with Crippen LogP contribution in [0.4, 0.5) is 0 Å². The third-order valence-corrected chi connectivity index (χ3v) is 3.34. The van der Waals surface area contributed by atoms with Gasteiger partial charge < -0.3 is 11.5 Å². The highest BCUT2D eigenvalue weighted by Crippen LogP contribution is 2.19. The molecule has 0 saturated carbocycles. The summed E-state index contributed by atoms with van der Waals surface area (Å²) in [5.41, 5.74) is 12.6. The maximum atomic E-state index is 11.3. The Bertz CT molecular complexity index is 464. The highest BCUT2D eigenvalue weighted by atomic mass is 35.5. The van der Waals surface area contributed by atoms with Gasteiger partial charge in [-0.1, -0.05) is 24.3 Å². The van der Waals surface area contributed by atoms with Crippen molar-refractivity contribution in [2.45, 2.75) is 25.4 Å². The fraction of sp³-hybridized carbons (Fsp3) is 0.385. The molecular formula is C13H20Cl2N4O. The van der Waals surface area contributed by atoms with Crippen LogP contribution in [0.1, 0.15) is 24.0 Å². The van der Waals surface area contributed by atoms with E-state index in [0.717, 1.165) is 24.9 Å². The summed E-state index contributed by atoms with van der Waals surface area (Å²) in [5, 5.41) is 7.32. The minimum absolute atomic E-state index is 0. The number of likely N-dealkylation sites (tertiary alicyclic amines) is 1. The van der Waals surface area contributed by atoms with Crippen molar-refractivity contribution in [2.75, 3.05) is 6.54 Å². The first kappa shape index (κ1) is 18.7. The third kappa shape index (κ3) is 4.37. The van der Waals surface area contributed by atoms with E-state index in [9.17, 15) is 4.79 Å². The van der Waals surface area contributed by atoms with Crippen LogP contribution < -0.4 is 11.5 Å². The maximum absolute atomic E-state index is 11.3. The molecule has 1 amide bonds. The molecule has 1 aromatic carbocycles. The van der Waals surface area contributed by atoms with Crippen LogP contribution in [-0.2, 0) is 11.3 Å². The molecule has 0 aromatic heterocycles.